The van der Waals surface area contributed by atoms with Gasteiger partial charge in [0.15, 0.2) is 11.5 Å². The van der Waals surface area contributed by atoms with E-state index in [0.717, 1.165) is 0 Å². The molecule has 1 aliphatic rings. The van der Waals surface area contributed by atoms with Crippen molar-refractivity contribution in [2.45, 2.75) is 6.10 Å². The first-order chi connectivity index (χ1) is 8.10. The van der Waals surface area contributed by atoms with Crippen molar-refractivity contribution in [1.82, 2.24) is 0 Å². The second-order valence-electron chi connectivity index (χ2n) is 3.39. The van der Waals surface area contributed by atoms with Crippen LogP contribution in [0.15, 0.2) is 12.1 Å². The van der Waals surface area contributed by atoms with Gasteiger partial charge in [0, 0.05) is 0 Å². The van der Waals surface area contributed by atoms with Crippen LogP contribution < -0.4 is 9.47 Å². The molecule has 1 atom stereocenters. The van der Waals surface area contributed by atoms with Crippen LogP contribution in [0.3, 0.4) is 0 Å². The molecule has 0 amide bonds. The van der Waals surface area contributed by atoms with Crippen molar-refractivity contribution in [3.63, 3.8) is 0 Å². The van der Waals surface area contributed by atoms with Gasteiger partial charge in [-0.15, -0.1) is 0 Å². The average molecular weight is 238 g/mol. The monoisotopic (exact) mass is 238 g/mol. The number of hydrogen-bond donors (Lipinski definition) is 1. The molecule has 2 rings (SSSR count). The number of fused-ring (bicyclic) bond motifs is 1. The number of benzene rings is 1. The summed E-state index contributed by atoms with van der Waals surface area (Å²) in [7, 11) is 2.80. The van der Waals surface area contributed by atoms with Gasteiger partial charge in [-0.2, -0.15) is 0 Å². The number of carboxylic acid groups (broad SMARTS) is 1. The molecule has 1 heterocycles. The second-order valence-corrected chi connectivity index (χ2v) is 3.39. The van der Waals surface area contributed by atoms with E-state index in [-0.39, 0.29) is 16.9 Å². The Balaban J connectivity index is 2.66. The van der Waals surface area contributed by atoms with Gasteiger partial charge in [-0.25, -0.2) is 9.59 Å². The lowest BCUT2D eigenvalue weighted by atomic mass is 10.0. The number of carboxylic acids is 1. The first kappa shape index (κ1) is 11.3. The molecular weight excluding hydrogens is 228 g/mol. The van der Waals surface area contributed by atoms with Crippen LogP contribution in [0.25, 0.3) is 0 Å². The maximum absolute atomic E-state index is 11.5. The third-order valence-electron chi connectivity index (χ3n) is 2.52. The first-order valence-electron chi connectivity index (χ1n) is 4.78. The van der Waals surface area contributed by atoms with Crippen LogP contribution in [-0.4, -0.2) is 31.3 Å². The molecule has 1 unspecified atom stereocenters. The van der Waals surface area contributed by atoms with Crippen LogP contribution in [0.5, 0.6) is 11.5 Å². The van der Waals surface area contributed by atoms with Gasteiger partial charge >= 0.3 is 11.9 Å². The molecular formula is C11H10O6. The lowest BCUT2D eigenvalue weighted by molar-refractivity contribution is -0.146. The number of rotatable bonds is 3. The Morgan fingerprint density at radius 3 is 2.59 bits per heavy atom. The molecule has 0 aliphatic carbocycles. The maximum Gasteiger partial charge on any atom is 0.350 e. The third-order valence-corrected chi connectivity index (χ3v) is 2.52. The summed E-state index contributed by atoms with van der Waals surface area (Å²) in [5.74, 6) is -1.35. The fraction of sp³-hybridized carbons (Fsp3) is 0.273. The summed E-state index contributed by atoms with van der Waals surface area (Å²) in [6.45, 7) is 0. The summed E-state index contributed by atoms with van der Waals surface area (Å²) < 4.78 is 14.9. The Morgan fingerprint density at radius 1 is 1.35 bits per heavy atom. The molecule has 0 radical (unpaired) electrons. The van der Waals surface area contributed by atoms with Crippen molar-refractivity contribution in [3.05, 3.63) is 23.3 Å². The fourth-order valence-electron chi connectivity index (χ4n) is 1.79. The number of carbonyl (C=O) groups is 2. The van der Waals surface area contributed by atoms with E-state index in [4.69, 9.17) is 19.3 Å². The van der Waals surface area contributed by atoms with E-state index in [1.54, 1.807) is 0 Å². The van der Waals surface area contributed by atoms with Crippen LogP contribution in [0, 0.1) is 0 Å². The topological polar surface area (TPSA) is 82.1 Å². The maximum atomic E-state index is 11.5. The number of ether oxygens (including phenoxy) is 3. The van der Waals surface area contributed by atoms with Crippen molar-refractivity contribution in [2.75, 3.05) is 14.2 Å². The molecule has 0 aromatic heterocycles. The van der Waals surface area contributed by atoms with Crippen molar-refractivity contribution < 1.29 is 28.9 Å². The Morgan fingerprint density at radius 2 is 2.06 bits per heavy atom. The Kier molecular flexibility index (Phi) is 2.63. The number of carbonyl (C=O) groups excluding carboxylic acids is 1. The molecule has 6 heteroatoms. The van der Waals surface area contributed by atoms with Crippen LogP contribution in [0.1, 0.15) is 22.0 Å². The number of methoxy groups -OCH3 is 2. The Bertz CT molecular complexity index is 493. The summed E-state index contributed by atoms with van der Waals surface area (Å²) >= 11 is 0. The molecule has 17 heavy (non-hydrogen) atoms. The first-order valence-corrected chi connectivity index (χ1v) is 4.78. The minimum absolute atomic E-state index is 0.190. The van der Waals surface area contributed by atoms with Crippen LogP contribution >= 0.6 is 0 Å². The molecule has 0 bridgehead atoms. The van der Waals surface area contributed by atoms with Gasteiger partial charge in [-0.1, -0.05) is 0 Å². The van der Waals surface area contributed by atoms with E-state index in [2.05, 4.69) is 0 Å². The van der Waals surface area contributed by atoms with Gasteiger partial charge in [0.05, 0.1) is 25.3 Å². The molecule has 1 aliphatic heterocycles. The normalized spacial score (nSPS) is 17.3. The van der Waals surface area contributed by atoms with Gasteiger partial charge in [0.25, 0.3) is 0 Å². The molecule has 1 aromatic carbocycles. The smallest absolute Gasteiger partial charge is 0.350 e. The van der Waals surface area contributed by atoms with E-state index < -0.39 is 18.0 Å². The SMILES string of the molecule is COc1ccc2c(c1OC)C(C(=O)O)OC2=O. The predicted octanol–water partition coefficient (Wildman–Crippen LogP) is 1.000. The van der Waals surface area contributed by atoms with Crippen molar-refractivity contribution >= 4 is 11.9 Å². The lowest BCUT2D eigenvalue weighted by Gasteiger charge is -2.12. The molecule has 90 valence electrons. The van der Waals surface area contributed by atoms with Crippen molar-refractivity contribution in [1.29, 1.82) is 0 Å². The zero-order valence-electron chi connectivity index (χ0n) is 9.22. The van der Waals surface area contributed by atoms with E-state index in [1.165, 1.54) is 26.4 Å². The highest BCUT2D eigenvalue weighted by atomic mass is 16.6. The number of cyclic esters (lactones) is 1. The van der Waals surface area contributed by atoms with Gasteiger partial charge in [-0.05, 0) is 12.1 Å². The second kappa shape index (κ2) is 3.97. The minimum atomic E-state index is -1.34. The predicted molar refractivity (Wildman–Crippen MR) is 55.3 cm³/mol. The molecule has 0 spiro atoms. The highest BCUT2D eigenvalue weighted by molar-refractivity contribution is 6.00. The number of hydrogen-bond acceptors (Lipinski definition) is 5. The molecule has 6 nitrogen and oxygen atoms in total. The zero-order chi connectivity index (χ0) is 12.6. The van der Waals surface area contributed by atoms with E-state index in [1.807, 2.05) is 0 Å². The summed E-state index contributed by atoms with van der Waals surface area (Å²) in [5.41, 5.74) is 0.388. The molecule has 0 saturated carbocycles. The van der Waals surface area contributed by atoms with Crippen molar-refractivity contribution in [3.8, 4) is 11.5 Å². The molecule has 0 saturated heterocycles. The zero-order valence-corrected chi connectivity index (χ0v) is 9.22. The van der Waals surface area contributed by atoms with E-state index >= 15 is 0 Å². The molecule has 1 aromatic rings. The molecule has 1 N–H and O–H groups in total. The van der Waals surface area contributed by atoms with Crippen LogP contribution in [-0.2, 0) is 9.53 Å². The quantitative estimate of drug-likeness (QED) is 0.791. The van der Waals surface area contributed by atoms with Crippen LogP contribution in [0.2, 0.25) is 0 Å². The minimum Gasteiger partial charge on any atom is -0.493 e. The Hall–Kier alpha value is -2.24. The lowest BCUT2D eigenvalue weighted by Crippen LogP contribution is -2.12. The van der Waals surface area contributed by atoms with Crippen molar-refractivity contribution in [2.24, 2.45) is 0 Å². The highest BCUT2D eigenvalue weighted by Gasteiger charge is 2.40. The molecule has 0 fully saturated rings. The fourth-order valence-corrected chi connectivity index (χ4v) is 1.79. The van der Waals surface area contributed by atoms with Gasteiger partial charge in [0.2, 0.25) is 6.10 Å². The van der Waals surface area contributed by atoms with Gasteiger partial charge in [0.1, 0.15) is 0 Å². The summed E-state index contributed by atoms with van der Waals surface area (Å²) in [6.07, 6.45) is -1.34. The standard InChI is InChI=1S/C11H10O6/c1-15-6-4-3-5-7(8(6)16-2)9(10(12)13)17-11(5)14/h3-4,9H,1-2H3,(H,12,13). The largest absolute Gasteiger partial charge is 0.493 e. The summed E-state index contributed by atoms with van der Waals surface area (Å²) in [6, 6.07) is 2.99. The summed E-state index contributed by atoms with van der Waals surface area (Å²) in [4.78, 5) is 22.5. The average Bonchev–Trinajstić information content (AvgIpc) is 2.66. The van der Waals surface area contributed by atoms with Gasteiger partial charge < -0.3 is 19.3 Å². The highest BCUT2D eigenvalue weighted by Crippen LogP contribution is 2.43. The number of aliphatic carboxylic acids is 1. The summed E-state index contributed by atoms with van der Waals surface area (Å²) in [5, 5.41) is 8.99. The number of esters is 1. The third kappa shape index (κ3) is 1.57. The van der Waals surface area contributed by atoms with Gasteiger partial charge in [-0.3, -0.25) is 0 Å². The Labute approximate surface area is 96.7 Å². The van der Waals surface area contributed by atoms with E-state index in [0.29, 0.717) is 5.75 Å². The van der Waals surface area contributed by atoms with Crippen LogP contribution in [0.4, 0.5) is 0 Å². The van der Waals surface area contributed by atoms with E-state index in [9.17, 15) is 9.59 Å².